The normalized spacial score (nSPS) is 10.8. The molecule has 0 spiro atoms. The van der Waals surface area contributed by atoms with Gasteiger partial charge in [0.1, 0.15) is 5.82 Å². The van der Waals surface area contributed by atoms with Crippen LogP contribution in [-0.2, 0) is 6.54 Å². The van der Waals surface area contributed by atoms with E-state index in [9.17, 15) is 0 Å². The quantitative estimate of drug-likeness (QED) is 0.799. The molecule has 0 amide bonds. The summed E-state index contributed by atoms with van der Waals surface area (Å²) < 4.78 is 0. The van der Waals surface area contributed by atoms with Gasteiger partial charge in [0, 0.05) is 31.9 Å². The monoisotopic (exact) mass is 221 g/mol. The summed E-state index contributed by atoms with van der Waals surface area (Å²) in [5.41, 5.74) is 1.24. The van der Waals surface area contributed by atoms with Crippen molar-refractivity contribution >= 4 is 5.82 Å². The Morgan fingerprint density at radius 3 is 2.38 bits per heavy atom. The second-order valence-electron chi connectivity index (χ2n) is 4.23. The molecule has 0 atom stereocenters. The molecule has 0 aliphatic heterocycles. The van der Waals surface area contributed by atoms with Crippen LogP contribution in [0.4, 0.5) is 5.82 Å². The Balaban J connectivity index is 2.60. The highest BCUT2D eigenvalue weighted by molar-refractivity contribution is 5.38. The minimum atomic E-state index is 0.516. The van der Waals surface area contributed by atoms with Gasteiger partial charge in [0.2, 0.25) is 0 Å². The van der Waals surface area contributed by atoms with Crippen LogP contribution in [0.5, 0.6) is 0 Å². The number of rotatable bonds is 6. The topological polar surface area (TPSA) is 28.2 Å². The fourth-order valence-electron chi connectivity index (χ4n) is 1.58. The molecule has 0 saturated carbocycles. The molecule has 0 saturated heterocycles. The predicted molar refractivity (Wildman–Crippen MR) is 69.8 cm³/mol. The van der Waals surface area contributed by atoms with Gasteiger partial charge in [0.25, 0.3) is 0 Å². The van der Waals surface area contributed by atoms with Crippen molar-refractivity contribution in [2.45, 2.75) is 40.3 Å². The average molecular weight is 221 g/mol. The average Bonchev–Trinajstić information content (AvgIpc) is 2.29. The van der Waals surface area contributed by atoms with E-state index >= 15 is 0 Å². The summed E-state index contributed by atoms with van der Waals surface area (Å²) in [6.45, 7) is 11.5. The number of nitrogens with zero attached hydrogens (tertiary/aromatic N) is 2. The molecule has 0 radical (unpaired) electrons. The summed E-state index contributed by atoms with van der Waals surface area (Å²) >= 11 is 0. The van der Waals surface area contributed by atoms with Gasteiger partial charge in [0.15, 0.2) is 0 Å². The molecule has 16 heavy (non-hydrogen) atoms. The second kappa shape index (κ2) is 6.48. The van der Waals surface area contributed by atoms with E-state index in [-0.39, 0.29) is 0 Å². The molecule has 1 aromatic heterocycles. The van der Waals surface area contributed by atoms with Crippen molar-refractivity contribution in [2.75, 3.05) is 18.0 Å². The van der Waals surface area contributed by atoms with E-state index < -0.39 is 0 Å². The summed E-state index contributed by atoms with van der Waals surface area (Å²) in [5.74, 6) is 1.07. The molecule has 0 fully saturated rings. The maximum Gasteiger partial charge on any atom is 0.128 e. The number of pyridine rings is 1. The summed E-state index contributed by atoms with van der Waals surface area (Å²) in [7, 11) is 0. The fraction of sp³-hybridized carbons (Fsp3) is 0.615. The maximum absolute atomic E-state index is 4.48. The zero-order chi connectivity index (χ0) is 12.0. The van der Waals surface area contributed by atoms with Gasteiger partial charge in [-0.15, -0.1) is 0 Å². The Morgan fingerprint density at radius 1 is 1.25 bits per heavy atom. The van der Waals surface area contributed by atoms with Crippen LogP contribution in [0.2, 0.25) is 0 Å². The SMILES string of the molecule is CCN(CC)c1ccc(CNC(C)C)cn1. The van der Waals surface area contributed by atoms with Crippen LogP contribution in [0.15, 0.2) is 18.3 Å². The molecule has 90 valence electrons. The first kappa shape index (κ1) is 13.0. The first-order valence-electron chi connectivity index (χ1n) is 6.10. The Morgan fingerprint density at radius 2 is 1.94 bits per heavy atom. The Hall–Kier alpha value is -1.09. The zero-order valence-corrected chi connectivity index (χ0v) is 10.8. The summed E-state index contributed by atoms with van der Waals surface area (Å²) in [5, 5.41) is 3.38. The van der Waals surface area contributed by atoms with E-state index in [4.69, 9.17) is 0 Å². The lowest BCUT2D eigenvalue weighted by Crippen LogP contribution is -2.24. The van der Waals surface area contributed by atoms with Gasteiger partial charge in [-0.3, -0.25) is 0 Å². The van der Waals surface area contributed by atoms with E-state index in [1.165, 1.54) is 5.56 Å². The molecule has 0 aliphatic rings. The first-order chi connectivity index (χ1) is 7.67. The number of nitrogens with one attached hydrogen (secondary N) is 1. The van der Waals surface area contributed by atoms with Crippen molar-refractivity contribution in [3.63, 3.8) is 0 Å². The smallest absolute Gasteiger partial charge is 0.128 e. The number of aromatic nitrogens is 1. The molecule has 1 heterocycles. The Kier molecular flexibility index (Phi) is 5.26. The van der Waals surface area contributed by atoms with Crippen molar-refractivity contribution in [1.82, 2.24) is 10.3 Å². The molecular weight excluding hydrogens is 198 g/mol. The number of anilines is 1. The molecular formula is C13H23N3. The van der Waals surface area contributed by atoms with Crippen LogP contribution in [-0.4, -0.2) is 24.1 Å². The Bertz CT molecular complexity index is 289. The van der Waals surface area contributed by atoms with E-state index in [0.29, 0.717) is 6.04 Å². The molecule has 1 N–H and O–H groups in total. The van der Waals surface area contributed by atoms with Gasteiger partial charge in [-0.25, -0.2) is 4.98 Å². The molecule has 0 aliphatic carbocycles. The van der Waals surface area contributed by atoms with Gasteiger partial charge < -0.3 is 10.2 Å². The van der Waals surface area contributed by atoms with Gasteiger partial charge in [0.05, 0.1) is 0 Å². The van der Waals surface area contributed by atoms with Crippen LogP contribution in [0.3, 0.4) is 0 Å². The van der Waals surface area contributed by atoms with E-state index in [0.717, 1.165) is 25.5 Å². The predicted octanol–water partition coefficient (Wildman–Crippen LogP) is 2.43. The van der Waals surface area contributed by atoms with Crippen LogP contribution < -0.4 is 10.2 Å². The van der Waals surface area contributed by atoms with Crippen LogP contribution >= 0.6 is 0 Å². The highest BCUT2D eigenvalue weighted by Gasteiger charge is 2.02. The highest BCUT2D eigenvalue weighted by atomic mass is 15.2. The summed E-state index contributed by atoms with van der Waals surface area (Å²) in [6, 6.07) is 4.77. The van der Waals surface area contributed by atoms with E-state index in [1.807, 2.05) is 6.20 Å². The van der Waals surface area contributed by atoms with Crippen molar-refractivity contribution in [3.05, 3.63) is 23.9 Å². The van der Waals surface area contributed by atoms with Crippen molar-refractivity contribution in [1.29, 1.82) is 0 Å². The molecule has 3 nitrogen and oxygen atoms in total. The third-order valence-electron chi connectivity index (χ3n) is 2.61. The van der Waals surface area contributed by atoms with Gasteiger partial charge in [-0.2, -0.15) is 0 Å². The second-order valence-corrected chi connectivity index (χ2v) is 4.23. The molecule has 0 bridgehead atoms. The molecule has 0 aromatic carbocycles. The van der Waals surface area contributed by atoms with E-state index in [1.54, 1.807) is 0 Å². The number of hydrogen-bond acceptors (Lipinski definition) is 3. The first-order valence-corrected chi connectivity index (χ1v) is 6.10. The number of hydrogen-bond donors (Lipinski definition) is 1. The van der Waals surface area contributed by atoms with Gasteiger partial charge in [-0.1, -0.05) is 19.9 Å². The molecule has 3 heteroatoms. The molecule has 1 aromatic rings. The maximum atomic E-state index is 4.48. The van der Waals surface area contributed by atoms with Crippen LogP contribution in [0.25, 0.3) is 0 Å². The third kappa shape index (κ3) is 3.81. The van der Waals surface area contributed by atoms with Crippen molar-refractivity contribution in [2.24, 2.45) is 0 Å². The lowest BCUT2D eigenvalue weighted by Gasteiger charge is -2.19. The summed E-state index contributed by atoms with van der Waals surface area (Å²) in [4.78, 5) is 6.73. The zero-order valence-electron chi connectivity index (χ0n) is 10.8. The fourth-order valence-corrected chi connectivity index (χ4v) is 1.58. The lowest BCUT2D eigenvalue weighted by atomic mass is 10.2. The van der Waals surface area contributed by atoms with Crippen molar-refractivity contribution < 1.29 is 0 Å². The third-order valence-corrected chi connectivity index (χ3v) is 2.61. The van der Waals surface area contributed by atoms with Gasteiger partial charge >= 0.3 is 0 Å². The van der Waals surface area contributed by atoms with Crippen LogP contribution in [0.1, 0.15) is 33.3 Å². The largest absolute Gasteiger partial charge is 0.357 e. The minimum Gasteiger partial charge on any atom is -0.357 e. The van der Waals surface area contributed by atoms with E-state index in [2.05, 4.69) is 55.0 Å². The molecule has 0 unspecified atom stereocenters. The molecule has 1 rings (SSSR count). The summed E-state index contributed by atoms with van der Waals surface area (Å²) in [6.07, 6.45) is 1.96. The van der Waals surface area contributed by atoms with Crippen molar-refractivity contribution in [3.8, 4) is 0 Å². The minimum absolute atomic E-state index is 0.516. The van der Waals surface area contributed by atoms with Crippen LogP contribution in [0, 0.1) is 0 Å². The van der Waals surface area contributed by atoms with Gasteiger partial charge in [-0.05, 0) is 25.5 Å². The Labute approximate surface area is 98.9 Å². The lowest BCUT2D eigenvalue weighted by molar-refractivity contribution is 0.588. The highest BCUT2D eigenvalue weighted by Crippen LogP contribution is 2.10. The standard InChI is InChI=1S/C13H23N3/c1-5-16(6-2)13-8-7-12(10-15-13)9-14-11(3)4/h7-8,10-11,14H,5-6,9H2,1-4H3.